The number of hydrogen-bond donors (Lipinski definition) is 1. The van der Waals surface area contributed by atoms with Gasteiger partial charge in [0.05, 0.1) is 29.1 Å². The third kappa shape index (κ3) is 3.12. The molecule has 2 N–H and O–H groups in total. The smallest absolute Gasteiger partial charge is 0.0850 e. The molecule has 0 aliphatic carbocycles. The van der Waals surface area contributed by atoms with Crippen LogP contribution < -0.4 is 5.73 Å². The molecule has 19 heavy (non-hydrogen) atoms. The van der Waals surface area contributed by atoms with E-state index in [-0.39, 0.29) is 6.04 Å². The van der Waals surface area contributed by atoms with E-state index in [1.54, 1.807) is 0 Å². The Morgan fingerprint density at radius 1 is 1.53 bits per heavy atom. The highest BCUT2D eigenvalue weighted by atomic mass is 35.5. The predicted octanol–water partition coefficient (Wildman–Crippen LogP) is 2.41. The SMILES string of the molecule is CCc1nn(CC)c(CC(N)C2COC(C)C2)c1Cl. The molecule has 0 aromatic carbocycles. The van der Waals surface area contributed by atoms with Crippen molar-refractivity contribution >= 4 is 11.6 Å². The van der Waals surface area contributed by atoms with Gasteiger partial charge in [0.15, 0.2) is 0 Å². The molecule has 3 unspecified atom stereocenters. The van der Waals surface area contributed by atoms with Gasteiger partial charge in [0.2, 0.25) is 0 Å². The minimum Gasteiger partial charge on any atom is -0.378 e. The molecule has 3 atom stereocenters. The summed E-state index contributed by atoms with van der Waals surface area (Å²) in [7, 11) is 0. The van der Waals surface area contributed by atoms with E-state index in [2.05, 4.69) is 25.9 Å². The largest absolute Gasteiger partial charge is 0.378 e. The monoisotopic (exact) mass is 285 g/mol. The Hall–Kier alpha value is -0.580. The maximum atomic E-state index is 6.42. The Balaban J connectivity index is 2.11. The van der Waals surface area contributed by atoms with Crippen molar-refractivity contribution in [1.29, 1.82) is 0 Å². The van der Waals surface area contributed by atoms with Crippen molar-refractivity contribution in [2.75, 3.05) is 6.61 Å². The molecule has 0 saturated carbocycles. The molecule has 1 saturated heterocycles. The molecule has 4 nitrogen and oxygen atoms in total. The Bertz CT molecular complexity index is 433. The van der Waals surface area contributed by atoms with Crippen LogP contribution >= 0.6 is 11.6 Å². The Morgan fingerprint density at radius 2 is 2.26 bits per heavy atom. The van der Waals surface area contributed by atoms with Gasteiger partial charge in [-0.15, -0.1) is 0 Å². The van der Waals surface area contributed by atoms with Gasteiger partial charge in [0.25, 0.3) is 0 Å². The molecule has 0 amide bonds. The first kappa shape index (κ1) is 14.8. The first-order chi connectivity index (χ1) is 9.06. The Labute approximate surface area is 120 Å². The van der Waals surface area contributed by atoms with Crippen molar-refractivity contribution in [1.82, 2.24) is 9.78 Å². The summed E-state index contributed by atoms with van der Waals surface area (Å²) in [6.07, 6.45) is 3.01. The number of ether oxygens (including phenoxy) is 1. The van der Waals surface area contributed by atoms with E-state index < -0.39 is 0 Å². The van der Waals surface area contributed by atoms with Crippen molar-refractivity contribution in [3.8, 4) is 0 Å². The number of hydrogen-bond acceptors (Lipinski definition) is 3. The molecule has 1 aliphatic heterocycles. The van der Waals surface area contributed by atoms with Crippen LogP contribution in [-0.2, 0) is 24.1 Å². The van der Waals surface area contributed by atoms with E-state index in [9.17, 15) is 0 Å². The van der Waals surface area contributed by atoms with E-state index >= 15 is 0 Å². The third-order valence-electron chi connectivity index (χ3n) is 3.96. The number of nitrogens with zero attached hydrogens (tertiary/aromatic N) is 2. The molecule has 1 fully saturated rings. The van der Waals surface area contributed by atoms with E-state index in [4.69, 9.17) is 22.1 Å². The lowest BCUT2D eigenvalue weighted by molar-refractivity contribution is 0.118. The zero-order valence-electron chi connectivity index (χ0n) is 12.0. The van der Waals surface area contributed by atoms with Gasteiger partial charge >= 0.3 is 0 Å². The minimum atomic E-state index is 0.0918. The van der Waals surface area contributed by atoms with Gasteiger partial charge in [-0.05, 0) is 26.7 Å². The summed E-state index contributed by atoms with van der Waals surface area (Å²) >= 11 is 6.42. The number of nitrogens with two attached hydrogens (primary N) is 1. The van der Waals surface area contributed by atoms with Gasteiger partial charge in [-0.25, -0.2) is 0 Å². The normalized spacial score (nSPS) is 24.9. The van der Waals surface area contributed by atoms with Crippen LogP contribution in [0.3, 0.4) is 0 Å². The zero-order valence-corrected chi connectivity index (χ0v) is 12.8. The lowest BCUT2D eigenvalue weighted by atomic mass is 9.94. The molecule has 0 spiro atoms. The molecular weight excluding hydrogens is 262 g/mol. The average molecular weight is 286 g/mol. The highest BCUT2D eigenvalue weighted by Gasteiger charge is 2.29. The average Bonchev–Trinajstić information content (AvgIpc) is 2.95. The van der Waals surface area contributed by atoms with Gasteiger partial charge in [-0.1, -0.05) is 18.5 Å². The van der Waals surface area contributed by atoms with Crippen LogP contribution in [0, 0.1) is 5.92 Å². The van der Waals surface area contributed by atoms with Gasteiger partial charge in [0.1, 0.15) is 0 Å². The first-order valence-corrected chi connectivity index (χ1v) is 7.55. The highest BCUT2D eigenvalue weighted by Crippen LogP contribution is 2.27. The lowest BCUT2D eigenvalue weighted by Gasteiger charge is -2.18. The minimum absolute atomic E-state index is 0.0918. The molecule has 2 rings (SSSR count). The standard InChI is InChI=1S/C14H24ClN3O/c1-4-12-14(15)13(18(5-2)17-12)7-11(16)10-6-9(3)19-8-10/h9-11H,4-8,16H2,1-3H3. The number of rotatable bonds is 5. The van der Waals surface area contributed by atoms with Crippen LogP contribution in [0.4, 0.5) is 0 Å². The molecule has 1 aromatic rings. The highest BCUT2D eigenvalue weighted by molar-refractivity contribution is 6.31. The second kappa shape index (κ2) is 6.25. The molecule has 1 aliphatic rings. The van der Waals surface area contributed by atoms with Gasteiger partial charge in [-0.3, -0.25) is 4.68 Å². The van der Waals surface area contributed by atoms with E-state index in [0.29, 0.717) is 12.0 Å². The van der Waals surface area contributed by atoms with Crippen LogP contribution in [-0.4, -0.2) is 28.5 Å². The summed E-state index contributed by atoms with van der Waals surface area (Å²) in [6.45, 7) is 7.86. The van der Waals surface area contributed by atoms with Crippen LogP contribution in [0.1, 0.15) is 38.6 Å². The second-order valence-electron chi connectivity index (χ2n) is 5.38. The topological polar surface area (TPSA) is 53.1 Å². The van der Waals surface area contributed by atoms with Gasteiger partial charge in [-0.2, -0.15) is 5.10 Å². The van der Waals surface area contributed by atoms with E-state index in [0.717, 1.165) is 48.8 Å². The van der Waals surface area contributed by atoms with Crippen molar-refractivity contribution in [2.24, 2.45) is 11.7 Å². The Morgan fingerprint density at radius 3 is 2.79 bits per heavy atom. The molecule has 1 aromatic heterocycles. The quantitative estimate of drug-likeness (QED) is 0.904. The van der Waals surface area contributed by atoms with Crippen molar-refractivity contribution in [3.05, 3.63) is 16.4 Å². The summed E-state index contributed by atoms with van der Waals surface area (Å²) in [6, 6.07) is 0.0918. The molecule has 108 valence electrons. The number of aryl methyl sites for hydroxylation is 2. The van der Waals surface area contributed by atoms with Crippen LogP contribution in [0.2, 0.25) is 5.02 Å². The molecular formula is C14H24ClN3O. The number of halogens is 1. The summed E-state index contributed by atoms with van der Waals surface area (Å²) < 4.78 is 7.59. The number of aromatic nitrogens is 2. The maximum Gasteiger partial charge on any atom is 0.0850 e. The molecule has 5 heteroatoms. The third-order valence-corrected chi connectivity index (χ3v) is 4.39. The molecule has 0 bridgehead atoms. The molecule has 0 radical (unpaired) electrons. The van der Waals surface area contributed by atoms with Crippen molar-refractivity contribution < 1.29 is 4.74 Å². The Kier molecular flexibility index (Phi) is 4.87. The summed E-state index contributed by atoms with van der Waals surface area (Å²) in [5, 5.41) is 5.34. The van der Waals surface area contributed by atoms with Crippen LogP contribution in [0.15, 0.2) is 0 Å². The fourth-order valence-electron chi connectivity index (χ4n) is 2.75. The van der Waals surface area contributed by atoms with E-state index in [1.165, 1.54) is 0 Å². The fraction of sp³-hybridized carbons (Fsp3) is 0.786. The van der Waals surface area contributed by atoms with Gasteiger partial charge in [0, 0.05) is 24.9 Å². The lowest BCUT2D eigenvalue weighted by Crippen LogP contribution is -2.33. The van der Waals surface area contributed by atoms with Crippen molar-refractivity contribution in [2.45, 2.75) is 58.7 Å². The second-order valence-corrected chi connectivity index (χ2v) is 5.76. The first-order valence-electron chi connectivity index (χ1n) is 7.18. The van der Waals surface area contributed by atoms with Crippen LogP contribution in [0.25, 0.3) is 0 Å². The van der Waals surface area contributed by atoms with Crippen LogP contribution in [0.5, 0.6) is 0 Å². The van der Waals surface area contributed by atoms with E-state index in [1.807, 2.05) is 4.68 Å². The summed E-state index contributed by atoms with van der Waals surface area (Å²) in [4.78, 5) is 0. The zero-order chi connectivity index (χ0) is 14.0. The maximum absolute atomic E-state index is 6.42. The van der Waals surface area contributed by atoms with Gasteiger partial charge < -0.3 is 10.5 Å². The van der Waals surface area contributed by atoms with Crippen molar-refractivity contribution in [3.63, 3.8) is 0 Å². The summed E-state index contributed by atoms with van der Waals surface area (Å²) in [5.41, 5.74) is 8.39. The summed E-state index contributed by atoms with van der Waals surface area (Å²) in [5.74, 6) is 0.427. The predicted molar refractivity (Wildman–Crippen MR) is 77.5 cm³/mol. The molecule has 2 heterocycles. The fourth-order valence-corrected chi connectivity index (χ4v) is 3.10.